The molecule has 0 bridgehead atoms. The van der Waals surface area contributed by atoms with Gasteiger partial charge in [0.25, 0.3) is 0 Å². The van der Waals surface area contributed by atoms with Crippen LogP contribution in [-0.2, 0) is 22.4 Å². The number of rotatable bonds is 8. The van der Waals surface area contributed by atoms with Crippen molar-refractivity contribution < 1.29 is 58.5 Å². The van der Waals surface area contributed by atoms with Crippen molar-refractivity contribution in [3.8, 4) is 28.0 Å². The van der Waals surface area contributed by atoms with Gasteiger partial charge in [0.05, 0.1) is 0 Å². The molecular formula is C34H40F2N2NaO4-. The summed E-state index contributed by atoms with van der Waals surface area (Å²) in [6.07, 6.45) is 1.33. The summed E-state index contributed by atoms with van der Waals surface area (Å²) in [7, 11) is 0. The van der Waals surface area contributed by atoms with Gasteiger partial charge in [-0.2, -0.15) is 24.3 Å². The van der Waals surface area contributed by atoms with Crippen molar-refractivity contribution in [2.24, 2.45) is 0 Å². The summed E-state index contributed by atoms with van der Waals surface area (Å²) in [6.45, 7) is 4.03. The molecule has 0 radical (unpaired) electrons. The van der Waals surface area contributed by atoms with E-state index < -0.39 is 0 Å². The van der Waals surface area contributed by atoms with Crippen LogP contribution in [0.5, 0.6) is 5.75 Å². The normalized spacial score (nSPS) is 9.30. The van der Waals surface area contributed by atoms with Crippen LogP contribution < -0.4 is 40.2 Å². The number of hydrogen-bond donors (Lipinski definition) is 3. The Hall–Kier alpha value is -3.56. The Labute approximate surface area is 276 Å². The van der Waals surface area contributed by atoms with E-state index >= 15 is 0 Å². The maximum Gasteiger partial charge on any atom is 1.00 e. The molecule has 0 aliphatic heterocycles. The summed E-state index contributed by atoms with van der Waals surface area (Å²) in [5, 5.41) is 15.1. The topological polar surface area (TPSA) is 108 Å². The van der Waals surface area contributed by atoms with Crippen molar-refractivity contribution in [2.75, 3.05) is 13.1 Å². The number of phenolic OH excluding ortho intramolecular Hbond substituents is 1. The molecule has 0 saturated heterocycles. The zero-order valence-corrected chi connectivity index (χ0v) is 25.4. The molecule has 0 saturated carbocycles. The number of hydrogen-bond acceptors (Lipinski definition) is 4. The molecule has 9 heteroatoms. The van der Waals surface area contributed by atoms with E-state index in [1.54, 1.807) is 36.4 Å². The van der Waals surface area contributed by atoms with Gasteiger partial charge in [0.15, 0.2) is 0 Å². The molecule has 0 unspecified atom stereocenters. The molecule has 4 rings (SSSR count). The number of carbonyl (C=O) groups excluding carboxylic acids is 2. The van der Waals surface area contributed by atoms with Crippen molar-refractivity contribution >= 4 is 11.8 Å². The minimum atomic E-state index is -0.321. The van der Waals surface area contributed by atoms with Gasteiger partial charge in [0, 0.05) is 26.9 Å². The smallest absolute Gasteiger partial charge is 0.870 e. The quantitative estimate of drug-likeness (QED) is 0.210. The Morgan fingerprint density at radius 2 is 1.23 bits per heavy atom. The number of carbonyl (C=O) groups is 2. The molecule has 0 aliphatic carbocycles. The number of phenols is 1. The van der Waals surface area contributed by atoms with Crippen molar-refractivity contribution in [2.45, 2.75) is 41.5 Å². The predicted octanol–water partition coefficient (Wildman–Crippen LogP) is 3.95. The van der Waals surface area contributed by atoms with Crippen LogP contribution in [0.15, 0.2) is 84.9 Å². The number of halogens is 2. The average molecular weight is 602 g/mol. The fourth-order valence-corrected chi connectivity index (χ4v) is 4.06. The maximum atomic E-state index is 13.3. The monoisotopic (exact) mass is 601 g/mol. The molecule has 0 fully saturated rings. The molecule has 0 aromatic heterocycles. The van der Waals surface area contributed by atoms with Gasteiger partial charge >= 0.3 is 29.6 Å². The predicted molar refractivity (Wildman–Crippen MR) is 164 cm³/mol. The van der Waals surface area contributed by atoms with Crippen LogP contribution in [0.1, 0.15) is 39.8 Å². The third kappa shape index (κ3) is 14.0. The van der Waals surface area contributed by atoms with Crippen LogP contribution in [-0.4, -0.2) is 35.5 Å². The standard InChI is InChI=1S/C16H16FNO2.C16H15FNO.2CH4.Na.H2O/c1-11(19)18-8-7-12-5-6-15(20)10-16(12)13-3-2-4-14(17)9-13;1-12(19)18-10-9-13-5-2-3-8-16(13)14-6-4-7-15(17)11-14;;;;/h2-6,9-10,20H,7-8H2,1H3,(H,18,19);2,4-8,11H,9-10H2,1H3,(H,18,19);2*1H4;;1H2/q;-1;;;+1;/p-1. The largest absolute Gasteiger partial charge is 1.00 e. The molecule has 0 spiro atoms. The molecule has 4 N–H and O–H groups in total. The van der Waals surface area contributed by atoms with Gasteiger partial charge in [-0.25, -0.2) is 8.78 Å². The third-order valence-electron chi connectivity index (χ3n) is 5.86. The summed E-state index contributed by atoms with van der Waals surface area (Å²) in [6, 6.07) is 26.3. The third-order valence-corrected chi connectivity index (χ3v) is 5.86. The van der Waals surface area contributed by atoms with Gasteiger partial charge < -0.3 is 21.2 Å². The van der Waals surface area contributed by atoms with Crippen LogP contribution in [0.25, 0.3) is 22.3 Å². The molecule has 0 aliphatic rings. The Morgan fingerprint density at radius 3 is 1.72 bits per heavy atom. The number of aromatic hydroxyl groups is 1. The first-order valence-corrected chi connectivity index (χ1v) is 12.5. The second kappa shape index (κ2) is 21.2. The first-order valence-electron chi connectivity index (χ1n) is 12.5. The number of amides is 2. The molecule has 0 heterocycles. The first-order chi connectivity index (χ1) is 18.7. The van der Waals surface area contributed by atoms with Gasteiger partial charge in [-0.3, -0.25) is 9.59 Å². The number of nitrogens with one attached hydrogen (secondary N) is 2. The van der Waals surface area contributed by atoms with Crippen LogP contribution in [0.3, 0.4) is 0 Å². The van der Waals surface area contributed by atoms with Gasteiger partial charge in [-0.15, -0.1) is 11.1 Å². The van der Waals surface area contributed by atoms with Gasteiger partial charge in [-0.1, -0.05) is 50.7 Å². The molecular weight excluding hydrogens is 561 g/mol. The summed E-state index contributed by atoms with van der Waals surface area (Å²) >= 11 is 0. The molecule has 0 atom stereocenters. The van der Waals surface area contributed by atoms with E-state index in [1.807, 2.05) is 24.3 Å². The second-order valence-corrected chi connectivity index (χ2v) is 8.91. The van der Waals surface area contributed by atoms with E-state index in [4.69, 9.17) is 0 Å². The summed E-state index contributed by atoms with van der Waals surface area (Å²) < 4.78 is 26.6. The van der Waals surface area contributed by atoms with Gasteiger partial charge in [-0.05, 0) is 65.9 Å². The van der Waals surface area contributed by atoms with E-state index in [1.165, 1.54) is 38.1 Å². The fraction of sp³-hybridized carbons (Fsp3) is 0.235. The molecule has 4 aromatic carbocycles. The van der Waals surface area contributed by atoms with Crippen molar-refractivity contribution in [3.05, 3.63) is 114 Å². The summed E-state index contributed by atoms with van der Waals surface area (Å²) in [5.74, 6) is -0.578. The van der Waals surface area contributed by atoms with Gasteiger partial charge in [0.1, 0.15) is 17.4 Å². The van der Waals surface area contributed by atoms with Crippen molar-refractivity contribution in [3.63, 3.8) is 0 Å². The Bertz CT molecular complexity index is 1430. The van der Waals surface area contributed by atoms with Crippen LogP contribution in [0.2, 0.25) is 0 Å². The molecule has 6 nitrogen and oxygen atoms in total. The van der Waals surface area contributed by atoms with E-state index in [0.29, 0.717) is 31.5 Å². The SMILES string of the molecule is C.C.CC(=O)NCCc1cc[c-]cc1-c1cccc(F)c1.CC(=O)NCCc1ccc(O)cc1-c1cccc(F)c1.[Na+].[OH-]. The van der Waals surface area contributed by atoms with Crippen LogP contribution in [0, 0.1) is 17.7 Å². The summed E-state index contributed by atoms with van der Waals surface area (Å²) in [4.78, 5) is 21.8. The van der Waals surface area contributed by atoms with Gasteiger partial charge in [0.2, 0.25) is 11.8 Å². The summed E-state index contributed by atoms with van der Waals surface area (Å²) in [5.41, 5.74) is 5.27. The number of benzene rings is 4. The van der Waals surface area contributed by atoms with E-state index in [9.17, 15) is 23.5 Å². The Balaban J connectivity index is 0. The Morgan fingerprint density at radius 1 is 0.744 bits per heavy atom. The molecule has 4 aromatic rings. The van der Waals surface area contributed by atoms with Crippen molar-refractivity contribution in [1.29, 1.82) is 0 Å². The molecule has 2 amide bonds. The van der Waals surface area contributed by atoms with E-state index in [2.05, 4.69) is 16.7 Å². The average Bonchev–Trinajstić information content (AvgIpc) is 2.90. The maximum absolute atomic E-state index is 13.3. The van der Waals surface area contributed by atoms with E-state index in [0.717, 1.165) is 27.8 Å². The zero-order valence-electron chi connectivity index (χ0n) is 23.4. The molecule has 43 heavy (non-hydrogen) atoms. The van der Waals surface area contributed by atoms with E-state index in [-0.39, 0.29) is 79.1 Å². The zero-order chi connectivity index (χ0) is 28.2. The van der Waals surface area contributed by atoms with Crippen LogP contribution >= 0.6 is 0 Å². The van der Waals surface area contributed by atoms with Crippen molar-refractivity contribution in [1.82, 2.24) is 10.6 Å². The Kier molecular flexibility index (Phi) is 20.5. The minimum absolute atomic E-state index is 0. The molecule has 226 valence electrons. The second-order valence-electron chi connectivity index (χ2n) is 8.91. The minimum Gasteiger partial charge on any atom is -0.870 e. The first kappa shape index (κ1) is 41.6. The van der Waals surface area contributed by atoms with Crippen LogP contribution in [0.4, 0.5) is 8.78 Å². The fourth-order valence-electron chi connectivity index (χ4n) is 4.06.